The third kappa shape index (κ3) is 1.36. The highest BCUT2D eigenvalue weighted by atomic mass is 127. The maximum Gasteiger partial charge on any atom is 0.0560 e. The molecule has 60 valence electrons. The van der Waals surface area contributed by atoms with Gasteiger partial charge in [-0.3, -0.25) is 4.98 Å². The van der Waals surface area contributed by atoms with Gasteiger partial charge in [0.05, 0.1) is 22.9 Å². The van der Waals surface area contributed by atoms with Crippen LogP contribution in [0.15, 0.2) is 36.7 Å². The number of nitrogens with zero attached hydrogens (tertiary/aromatic N) is 1. The molecule has 1 heterocycles. The summed E-state index contributed by atoms with van der Waals surface area (Å²) in [6, 6.07) is 8.20. The van der Waals surface area contributed by atoms with Crippen molar-refractivity contribution in [2.24, 2.45) is 0 Å². The fraction of sp³-hybridized carbons (Fsp3) is 0. The van der Waals surface area contributed by atoms with Gasteiger partial charge in [-0.25, -0.2) is 0 Å². The lowest BCUT2D eigenvalue weighted by Crippen LogP contribution is -1.79. The van der Waals surface area contributed by atoms with Crippen molar-refractivity contribution in [1.82, 2.24) is 4.98 Å². The Morgan fingerprint density at radius 3 is 2.92 bits per heavy atom. The van der Waals surface area contributed by atoms with Crippen LogP contribution in [0, 0.1) is 0 Å². The Balaban J connectivity index is 2.67. The normalized spacial score (nSPS) is 10.1. The van der Waals surface area contributed by atoms with Gasteiger partial charge in [0.2, 0.25) is 0 Å². The highest BCUT2D eigenvalue weighted by molar-refractivity contribution is 14.1. The van der Waals surface area contributed by atoms with Crippen molar-refractivity contribution in [3.63, 3.8) is 0 Å². The molecule has 0 atom stereocenters. The monoisotopic (exact) mass is 270 g/mol. The lowest BCUT2D eigenvalue weighted by Gasteiger charge is -1.99. The first kappa shape index (κ1) is 7.79. The van der Waals surface area contributed by atoms with Crippen LogP contribution < -0.4 is 3.53 Å². The number of nitrogens with one attached hydrogen (secondary N) is 1. The van der Waals surface area contributed by atoms with Gasteiger partial charge in [0, 0.05) is 23.5 Å². The van der Waals surface area contributed by atoms with E-state index in [2.05, 4.69) is 43.5 Å². The fourth-order valence-electron chi connectivity index (χ4n) is 1.14. The first-order valence-electron chi connectivity index (χ1n) is 3.60. The van der Waals surface area contributed by atoms with E-state index in [4.69, 9.17) is 0 Å². The van der Waals surface area contributed by atoms with Gasteiger partial charge < -0.3 is 3.53 Å². The van der Waals surface area contributed by atoms with Gasteiger partial charge in [-0.1, -0.05) is 6.07 Å². The molecular formula is C9H7IN2. The van der Waals surface area contributed by atoms with E-state index in [1.54, 1.807) is 6.20 Å². The Hall–Kier alpha value is -0.840. The molecule has 0 amide bonds. The topological polar surface area (TPSA) is 24.9 Å². The smallest absolute Gasteiger partial charge is 0.0560 e. The van der Waals surface area contributed by atoms with Gasteiger partial charge in [-0.15, -0.1) is 0 Å². The molecule has 1 aromatic carbocycles. The molecule has 0 saturated heterocycles. The molecular weight excluding hydrogens is 263 g/mol. The number of rotatable bonds is 1. The lowest BCUT2D eigenvalue weighted by atomic mass is 10.2. The average molecular weight is 270 g/mol. The molecule has 2 aromatic rings. The third-order valence-electron chi connectivity index (χ3n) is 1.75. The minimum Gasteiger partial charge on any atom is -0.328 e. The minimum atomic E-state index is 1.12. The molecule has 0 unspecified atom stereocenters. The highest BCUT2D eigenvalue weighted by Gasteiger charge is 1.93. The molecule has 2 rings (SSSR count). The molecule has 0 fully saturated rings. The van der Waals surface area contributed by atoms with Crippen LogP contribution in [0.1, 0.15) is 0 Å². The molecule has 1 aromatic heterocycles. The van der Waals surface area contributed by atoms with Crippen LogP contribution in [-0.2, 0) is 0 Å². The van der Waals surface area contributed by atoms with Crippen molar-refractivity contribution < 1.29 is 0 Å². The summed E-state index contributed by atoms with van der Waals surface area (Å²) in [5, 5.41) is 2.39. The molecule has 0 aliphatic rings. The second kappa shape index (κ2) is 3.26. The molecule has 0 spiro atoms. The van der Waals surface area contributed by atoms with Crippen molar-refractivity contribution in [2.75, 3.05) is 3.53 Å². The van der Waals surface area contributed by atoms with Crippen LogP contribution in [0.2, 0.25) is 0 Å². The summed E-state index contributed by atoms with van der Waals surface area (Å²) in [4.78, 5) is 4.05. The summed E-state index contributed by atoms with van der Waals surface area (Å²) >= 11 is 2.12. The molecule has 0 aliphatic carbocycles. The number of hydrogen-bond donors (Lipinski definition) is 1. The lowest BCUT2D eigenvalue weighted by molar-refractivity contribution is 1.36. The molecule has 12 heavy (non-hydrogen) atoms. The molecule has 0 aliphatic heterocycles. The Bertz CT molecular complexity index is 400. The van der Waals surface area contributed by atoms with Gasteiger partial charge >= 0.3 is 0 Å². The Morgan fingerprint density at radius 2 is 2.08 bits per heavy atom. The van der Waals surface area contributed by atoms with Crippen LogP contribution >= 0.6 is 22.9 Å². The maximum absolute atomic E-state index is 4.05. The van der Waals surface area contributed by atoms with Gasteiger partial charge in [0.25, 0.3) is 0 Å². The van der Waals surface area contributed by atoms with Crippen LogP contribution in [0.4, 0.5) is 5.69 Å². The van der Waals surface area contributed by atoms with Crippen LogP contribution in [-0.4, -0.2) is 4.98 Å². The van der Waals surface area contributed by atoms with Gasteiger partial charge in [-0.2, -0.15) is 0 Å². The van der Waals surface area contributed by atoms with Crippen LogP contribution in [0.5, 0.6) is 0 Å². The summed E-state index contributed by atoms with van der Waals surface area (Å²) < 4.78 is 3.07. The third-order valence-corrected chi connectivity index (χ3v) is 2.37. The highest BCUT2D eigenvalue weighted by Crippen LogP contribution is 2.18. The Labute approximate surface area is 84.5 Å². The summed E-state index contributed by atoms with van der Waals surface area (Å²) in [6.45, 7) is 0. The number of benzene rings is 1. The molecule has 0 radical (unpaired) electrons. The van der Waals surface area contributed by atoms with E-state index in [0.29, 0.717) is 0 Å². The van der Waals surface area contributed by atoms with Crippen molar-refractivity contribution in [3.8, 4) is 0 Å². The Morgan fingerprint density at radius 1 is 1.17 bits per heavy atom. The van der Waals surface area contributed by atoms with E-state index in [9.17, 15) is 0 Å². The zero-order valence-corrected chi connectivity index (χ0v) is 8.45. The summed E-state index contributed by atoms with van der Waals surface area (Å²) in [6.07, 6.45) is 3.67. The first-order chi connectivity index (χ1) is 5.90. The number of pyridine rings is 1. The largest absolute Gasteiger partial charge is 0.328 e. The minimum absolute atomic E-state index is 1.12. The van der Waals surface area contributed by atoms with Crippen molar-refractivity contribution >= 4 is 39.3 Å². The van der Waals surface area contributed by atoms with E-state index < -0.39 is 0 Å². The fourth-order valence-corrected chi connectivity index (χ4v) is 1.48. The van der Waals surface area contributed by atoms with Crippen molar-refractivity contribution in [2.45, 2.75) is 0 Å². The van der Waals surface area contributed by atoms with E-state index >= 15 is 0 Å². The number of anilines is 1. The molecule has 0 saturated carbocycles. The van der Waals surface area contributed by atoms with Crippen LogP contribution in [0.25, 0.3) is 10.8 Å². The van der Waals surface area contributed by atoms with E-state index in [1.807, 2.05) is 18.3 Å². The molecule has 1 N–H and O–H groups in total. The van der Waals surface area contributed by atoms with Crippen LogP contribution in [0.3, 0.4) is 0 Å². The second-order valence-corrected chi connectivity index (χ2v) is 3.07. The molecule has 3 heteroatoms. The van der Waals surface area contributed by atoms with E-state index in [1.165, 1.54) is 10.8 Å². The Kier molecular flexibility index (Phi) is 2.12. The zero-order chi connectivity index (χ0) is 8.39. The predicted molar refractivity (Wildman–Crippen MR) is 59.4 cm³/mol. The molecule has 0 bridgehead atoms. The second-order valence-electron chi connectivity index (χ2n) is 2.53. The maximum atomic E-state index is 4.05. The zero-order valence-electron chi connectivity index (χ0n) is 6.29. The molecule has 2 nitrogen and oxygen atoms in total. The number of fused-ring (bicyclic) bond motifs is 1. The van der Waals surface area contributed by atoms with Gasteiger partial charge in [0.1, 0.15) is 0 Å². The average Bonchev–Trinajstić information content (AvgIpc) is 2.17. The number of aromatic nitrogens is 1. The quantitative estimate of drug-likeness (QED) is 0.636. The standard InChI is InChI=1S/C9H7IN2/c10-12-9-2-1-8-6-11-4-3-7(8)5-9/h1-6,12H. The van der Waals surface area contributed by atoms with E-state index in [-0.39, 0.29) is 0 Å². The van der Waals surface area contributed by atoms with E-state index in [0.717, 1.165) is 5.69 Å². The van der Waals surface area contributed by atoms with Crippen molar-refractivity contribution in [3.05, 3.63) is 36.7 Å². The van der Waals surface area contributed by atoms with Crippen molar-refractivity contribution in [1.29, 1.82) is 0 Å². The summed E-state index contributed by atoms with van der Waals surface area (Å²) in [7, 11) is 0. The SMILES string of the molecule is INc1ccc2cnccc2c1. The summed E-state index contributed by atoms with van der Waals surface area (Å²) in [5.41, 5.74) is 1.12. The van der Waals surface area contributed by atoms with Gasteiger partial charge in [-0.05, 0) is 23.6 Å². The summed E-state index contributed by atoms with van der Waals surface area (Å²) in [5.74, 6) is 0. The predicted octanol–water partition coefficient (Wildman–Crippen LogP) is 3.00. The van der Waals surface area contributed by atoms with Gasteiger partial charge in [0.15, 0.2) is 0 Å². The first-order valence-corrected chi connectivity index (χ1v) is 4.68. The number of hydrogen-bond acceptors (Lipinski definition) is 2. The number of halogens is 1.